The minimum Gasteiger partial charge on any atom is -0.375 e. The molecule has 0 aliphatic carbocycles. The van der Waals surface area contributed by atoms with Gasteiger partial charge in [-0.3, -0.25) is 9.78 Å². The van der Waals surface area contributed by atoms with E-state index in [0.717, 1.165) is 23.9 Å². The topological polar surface area (TPSA) is 51.2 Å². The van der Waals surface area contributed by atoms with Crippen molar-refractivity contribution >= 4 is 16.6 Å². The summed E-state index contributed by atoms with van der Waals surface area (Å²) < 4.78 is 5.58. The number of Topliss-reactive ketones (excluding diaryl/α,β-unsaturated/α-hetero) is 1. The third kappa shape index (κ3) is 2.64. The first-order chi connectivity index (χ1) is 9.34. The van der Waals surface area contributed by atoms with Crippen molar-refractivity contribution < 1.29 is 9.53 Å². The second-order valence-electron chi connectivity index (χ2n) is 4.73. The highest BCUT2D eigenvalue weighted by atomic mass is 16.5. The molecule has 3 rings (SSSR count). The summed E-state index contributed by atoms with van der Waals surface area (Å²) >= 11 is 0. The first kappa shape index (κ1) is 12.3. The Morgan fingerprint density at radius 2 is 2.26 bits per heavy atom. The van der Waals surface area contributed by atoms with Crippen LogP contribution in [-0.2, 0) is 4.74 Å². The molecule has 0 amide bonds. The van der Waals surface area contributed by atoms with Gasteiger partial charge in [-0.15, -0.1) is 0 Å². The minimum atomic E-state index is -0.0276. The van der Waals surface area contributed by atoms with Crippen LogP contribution in [0.5, 0.6) is 0 Å². The zero-order chi connectivity index (χ0) is 13.1. The van der Waals surface area contributed by atoms with Crippen LogP contribution >= 0.6 is 0 Å². The monoisotopic (exact) mass is 256 g/mol. The highest BCUT2D eigenvalue weighted by molar-refractivity contribution is 6.07. The van der Waals surface area contributed by atoms with E-state index in [0.29, 0.717) is 18.6 Å². The quantitative estimate of drug-likeness (QED) is 0.851. The molecule has 1 saturated heterocycles. The van der Waals surface area contributed by atoms with Gasteiger partial charge in [0.1, 0.15) is 0 Å². The fraction of sp³-hybridized carbons (Fsp3) is 0.333. The molecule has 1 unspecified atom stereocenters. The molecule has 1 aliphatic heterocycles. The normalized spacial score (nSPS) is 19.5. The lowest BCUT2D eigenvalue weighted by Crippen LogP contribution is -2.39. The Labute approximate surface area is 111 Å². The number of nitrogens with one attached hydrogen (secondary N) is 1. The average Bonchev–Trinajstić information content (AvgIpc) is 2.47. The molecule has 1 N–H and O–H groups in total. The van der Waals surface area contributed by atoms with Crippen molar-refractivity contribution in [1.82, 2.24) is 10.3 Å². The summed E-state index contributed by atoms with van der Waals surface area (Å²) in [5.41, 5.74) is 0.687. The maximum atomic E-state index is 12.4. The standard InChI is InChI=1S/C15H16N2O2/c18-15(7-12-9-16-5-6-19-12)14-10-17-8-11-3-1-2-4-13(11)14/h1-4,8,10,12,16H,5-7,9H2. The number of hydrogen-bond donors (Lipinski definition) is 1. The van der Waals surface area contributed by atoms with Gasteiger partial charge in [0, 0.05) is 42.9 Å². The third-order valence-corrected chi connectivity index (χ3v) is 3.39. The number of pyridine rings is 1. The van der Waals surface area contributed by atoms with Gasteiger partial charge in [0.05, 0.1) is 12.7 Å². The summed E-state index contributed by atoms with van der Waals surface area (Å²) in [6, 6.07) is 7.83. The first-order valence-corrected chi connectivity index (χ1v) is 6.53. The first-order valence-electron chi connectivity index (χ1n) is 6.53. The van der Waals surface area contributed by atoms with E-state index in [-0.39, 0.29) is 11.9 Å². The summed E-state index contributed by atoms with van der Waals surface area (Å²) in [5, 5.41) is 5.20. The van der Waals surface area contributed by atoms with Crippen LogP contribution in [-0.4, -0.2) is 36.6 Å². The number of rotatable bonds is 3. The number of ether oxygens (including phenoxy) is 1. The molecule has 1 aromatic carbocycles. The Morgan fingerprint density at radius 3 is 3.11 bits per heavy atom. The lowest BCUT2D eigenvalue weighted by molar-refractivity contribution is 0.0240. The molecule has 2 heterocycles. The molecular weight excluding hydrogens is 240 g/mol. The smallest absolute Gasteiger partial charge is 0.167 e. The minimum absolute atomic E-state index is 0.0276. The summed E-state index contributed by atoms with van der Waals surface area (Å²) in [5.74, 6) is 0.0954. The lowest BCUT2D eigenvalue weighted by atomic mass is 10.0. The lowest BCUT2D eigenvalue weighted by Gasteiger charge is -2.23. The van der Waals surface area contributed by atoms with Gasteiger partial charge in [-0.2, -0.15) is 0 Å². The van der Waals surface area contributed by atoms with Crippen LogP contribution in [0.3, 0.4) is 0 Å². The van der Waals surface area contributed by atoms with Crippen LogP contribution < -0.4 is 5.32 Å². The van der Waals surface area contributed by atoms with Crippen LogP contribution in [0.15, 0.2) is 36.7 Å². The predicted octanol–water partition coefficient (Wildman–Crippen LogP) is 1.80. The van der Waals surface area contributed by atoms with Gasteiger partial charge >= 0.3 is 0 Å². The van der Waals surface area contributed by atoms with E-state index in [2.05, 4.69) is 10.3 Å². The molecule has 0 bridgehead atoms. The molecular formula is C15H16N2O2. The van der Waals surface area contributed by atoms with Crippen molar-refractivity contribution in [2.24, 2.45) is 0 Å². The van der Waals surface area contributed by atoms with E-state index in [1.807, 2.05) is 24.3 Å². The van der Waals surface area contributed by atoms with E-state index in [9.17, 15) is 4.79 Å². The number of carbonyl (C=O) groups is 1. The van der Waals surface area contributed by atoms with Gasteiger partial charge < -0.3 is 10.1 Å². The van der Waals surface area contributed by atoms with E-state index >= 15 is 0 Å². The summed E-state index contributed by atoms with van der Waals surface area (Å²) in [6.45, 7) is 2.27. The van der Waals surface area contributed by atoms with Gasteiger partial charge in [0.25, 0.3) is 0 Å². The van der Waals surface area contributed by atoms with Gasteiger partial charge in [0.15, 0.2) is 5.78 Å². The largest absolute Gasteiger partial charge is 0.375 e. The molecule has 1 aliphatic rings. The van der Waals surface area contributed by atoms with Crippen LogP contribution in [0.25, 0.3) is 10.8 Å². The van der Waals surface area contributed by atoms with Crippen molar-refractivity contribution in [3.63, 3.8) is 0 Å². The third-order valence-electron chi connectivity index (χ3n) is 3.39. The van der Waals surface area contributed by atoms with Crippen molar-refractivity contribution in [2.45, 2.75) is 12.5 Å². The average molecular weight is 256 g/mol. The van der Waals surface area contributed by atoms with Gasteiger partial charge in [-0.25, -0.2) is 0 Å². The van der Waals surface area contributed by atoms with Crippen molar-refractivity contribution in [3.8, 4) is 0 Å². The van der Waals surface area contributed by atoms with Crippen LogP contribution in [0.4, 0.5) is 0 Å². The molecule has 0 saturated carbocycles. The number of hydrogen-bond acceptors (Lipinski definition) is 4. The van der Waals surface area contributed by atoms with Crippen LogP contribution in [0.1, 0.15) is 16.8 Å². The second kappa shape index (κ2) is 5.47. The Morgan fingerprint density at radius 1 is 1.37 bits per heavy atom. The van der Waals surface area contributed by atoms with Crippen molar-refractivity contribution in [3.05, 3.63) is 42.2 Å². The van der Waals surface area contributed by atoms with Crippen LogP contribution in [0, 0.1) is 0 Å². The molecule has 1 aromatic heterocycles. The van der Waals surface area contributed by atoms with E-state index in [1.165, 1.54) is 0 Å². The number of nitrogens with zero attached hydrogens (tertiary/aromatic N) is 1. The highest BCUT2D eigenvalue weighted by Gasteiger charge is 2.19. The number of aromatic nitrogens is 1. The zero-order valence-corrected chi connectivity index (χ0v) is 10.6. The predicted molar refractivity (Wildman–Crippen MR) is 73.3 cm³/mol. The zero-order valence-electron chi connectivity index (χ0n) is 10.6. The number of morpholine rings is 1. The van der Waals surface area contributed by atoms with Gasteiger partial charge in [0.2, 0.25) is 0 Å². The van der Waals surface area contributed by atoms with Gasteiger partial charge in [-0.1, -0.05) is 24.3 Å². The molecule has 2 aromatic rings. The summed E-state index contributed by atoms with van der Waals surface area (Å²) in [4.78, 5) is 16.5. The number of fused-ring (bicyclic) bond motifs is 1. The second-order valence-corrected chi connectivity index (χ2v) is 4.73. The number of carbonyl (C=O) groups excluding carboxylic acids is 1. The maximum absolute atomic E-state index is 12.4. The number of ketones is 1. The highest BCUT2D eigenvalue weighted by Crippen LogP contribution is 2.19. The molecule has 0 spiro atoms. The van der Waals surface area contributed by atoms with Crippen LogP contribution in [0.2, 0.25) is 0 Å². The molecule has 1 fully saturated rings. The van der Waals surface area contributed by atoms with Crippen molar-refractivity contribution in [1.29, 1.82) is 0 Å². The fourth-order valence-electron chi connectivity index (χ4n) is 2.41. The SMILES string of the molecule is O=C(CC1CNCCO1)c1cncc2ccccc12. The van der Waals surface area contributed by atoms with E-state index < -0.39 is 0 Å². The summed E-state index contributed by atoms with van der Waals surface area (Å²) in [7, 11) is 0. The summed E-state index contributed by atoms with van der Waals surface area (Å²) in [6.07, 6.45) is 3.81. The fourth-order valence-corrected chi connectivity index (χ4v) is 2.41. The molecule has 19 heavy (non-hydrogen) atoms. The maximum Gasteiger partial charge on any atom is 0.167 e. The van der Waals surface area contributed by atoms with Gasteiger partial charge in [-0.05, 0) is 5.39 Å². The van der Waals surface area contributed by atoms with E-state index in [1.54, 1.807) is 12.4 Å². The molecule has 0 radical (unpaired) electrons. The Hall–Kier alpha value is -1.78. The molecule has 98 valence electrons. The molecule has 4 heteroatoms. The van der Waals surface area contributed by atoms with Crippen molar-refractivity contribution in [2.75, 3.05) is 19.7 Å². The Balaban J connectivity index is 1.85. The molecule has 1 atom stereocenters. The molecule has 4 nitrogen and oxygen atoms in total. The number of benzene rings is 1. The Bertz CT molecular complexity index is 586. The van der Waals surface area contributed by atoms with E-state index in [4.69, 9.17) is 4.74 Å². The Kier molecular flexibility index (Phi) is 3.53.